The van der Waals surface area contributed by atoms with E-state index in [1.165, 1.54) is 10.9 Å². The molecule has 2 heterocycles. The summed E-state index contributed by atoms with van der Waals surface area (Å²) in [5, 5.41) is 3.98. The molecule has 6 heteroatoms. The molecular weight excluding hydrogens is 232 g/mol. The first-order valence-electron chi connectivity index (χ1n) is 5.61. The Kier molecular flexibility index (Phi) is 3.36. The molecule has 2 N–H and O–H groups in total. The fraction of sp³-hybridized carbons (Fsp3) is 0.333. The number of amides is 1. The summed E-state index contributed by atoms with van der Waals surface area (Å²) < 4.78 is 6.72. The first kappa shape index (κ1) is 12.2. The molecular formula is C12H16N4O2. The number of nitrogens with zero attached hydrogens (tertiary/aromatic N) is 3. The molecule has 0 radical (unpaired) electrons. The van der Waals surface area contributed by atoms with E-state index in [1.807, 2.05) is 13.0 Å². The Bertz CT molecular complexity index is 544. The van der Waals surface area contributed by atoms with Crippen LogP contribution in [-0.2, 0) is 17.9 Å². The van der Waals surface area contributed by atoms with Crippen LogP contribution < -0.4 is 5.73 Å². The number of nitrogens with two attached hydrogens (primary N) is 1. The van der Waals surface area contributed by atoms with Crippen LogP contribution >= 0.6 is 0 Å². The summed E-state index contributed by atoms with van der Waals surface area (Å²) in [5.74, 6) is 0.802. The summed E-state index contributed by atoms with van der Waals surface area (Å²) in [6.07, 6.45) is 4.78. The SMILES string of the molecule is Cc1occc1CN(C)C(=O)Cn1cc(N)cn1. The van der Waals surface area contributed by atoms with Crippen LogP contribution in [0.1, 0.15) is 11.3 Å². The first-order valence-corrected chi connectivity index (χ1v) is 5.61. The number of hydrogen-bond acceptors (Lipinski definition) is 4. The molecule has 0 bridgehead atoms. The Hall–Kier alpha value is -2.24. The number of likely N-dealkylation sites (N-methyl/N-ethyl adjacent to an activating group) is 1. The molecule has 0 aliphatic carbocycles. The predicted molar refractivity (Wildman–Crippen MR) is 66.6 cm³/mol. The minimum Gasteiger partial charge on any atom is -0.469 e. The van der Waals surface area contributed by atoms with Crippen molar-refractivity contribution in [2.24, 2.45) is 0 Å². The van der Waals surface area contributed by atoms with Crippen LogP contribution in [0.2, 0.25) is 0 Å². The monoisotopic (exact) mass is 248 g/mol. The smallest absolute Gasteiger partial charge is 0.244 e. The fourth-order valence-electron chi connectivity index (χ4n) is 1.64. The van der Waals surface area contributed by atoms with E-state index in [-0.39, 0.29) is 12.5 Å². The summed E-state index contributed by atoms with van der Waals surface area (Å²) >= 11 is 0. The highest BCUT2D eigenvalue weighted by molar-refractivity contribution is 5.75. The molecule has 0 aromatic carbocycles. The lowest BCUT2D eigenvalue weighted by atomic mass is 10.2. The minimum atomic E-state index is -0.0290. The van der Waals surface area contributed by atoms with Crippen molar-refractivity contribution in [1.29, 1.82) is 0 Å². The van der Waals surface area contributed by atoms with Crippen LogP contribution in [0.25, 0.3) is 0 Å². The van der Waals surface area contributed by atoms with E-state index in [9.17, 15) is 4.79 Å². The van der Waals surface area contributed by atoms with Crippen LogP contribution in [0.3, 0.4) is 0 Å². The Morgan fingerprint density at radius 1 is 1.61 bits per heavy atom. The van der Waals surface area contributed by atoms with Gasteiger partial charge in [-0.2, -0.15) is 5.10 Å². The third kappa shape index (κ3) is 2.71. The van der Waals surface area contributed by atoms with Crippen molar-refractivity contribution in [3.05, 3.63) is 36.0 Å². The molecule has 2 rings (SSSR count). The first-order chi connectivity index (χ1) is 8.56. The summed E-state index contributed by atoms with van der Waals surface area (Å²) in [6.45, 7) is 2.59. The maximum atomic E-state index is 12.0. The molecule has 0 atom stereocenters. The van der Waals surface area contributed by atoms with E-state index in [0.717, 1.165) is 11.3 Å². The van der Waals surface area contributed by atoms with Gasteiger partial charge in [-0.1, -0.05) is 0 Å². The third-order valence-corrected chi connectivity index (χ3v) is 2.75. The van der Waals surface area contributed by atoms with Gasteiger partial charge < -0.3 is 15.1 Å². The van der Waals surface area contributed by atoms with Gasteiger partial charge in [0.15, 0.2) is 0 Å². The van der Waals surface area contributed by atoms with E-state index in [0.29, 0.717) is 12.2 Å². The molecule has 0 aliphatic heterocycles. The highest BCUT2D eigenvalue weighted by Crippen LogP contribution is 2.11. The normalized spacial score (nSPS) is 10.6. The van der Waals surface area contributed by atoms with E-state index in [4.69, 9.17) is 10.2 Å². The fourth-order valence-corrected chi connectivity index (χ4v) is 1.64. The van der Waals surface area contributed by atoms with Crippen molar-refractivity contribution >= 4 is 11.6 Å². The number of furan rings is 1. The van der Waals surface area contributed by atoms with Crippen molar-refractivity contribution in [3.63, 3.8) is 0 Å². The molecule has 0 aliphatic rings. The number of carbonyl (C=O) groups is 1. The number of aromatic nitrogens is 2. The van der Waals surface area contributed by atoms with Crippen molar-refractivity contribution in [2.45, 2.75) is 20.0 Å². The second-order valence-electron chi connectivity index (χ2n) is 4.22. The molecule has 18 heavy (non-hydrogen) atoms. The zero-order valence-electron chi connectivity index (χ0n) is 10.5. The Balaban J connectivity index is 1.95. The van der Waals surface area contributed by atoms with Crippen LogP contribution in [0, 0.1) is 6.92 Å². The second kappa shape index (κ2) is 4.95. The lowest BCUT2D eigenvalue weighted by molar-refractivity contribution is -0.131. The number of anilines is 1. The minimum absolute atomic E-state index is 0.0290. The van der Waals surface area contributed by atoms with Crippen molar-refractivity contribution in [2.75, 3.05) is 12.8 Å². The Morgan fingerprint density at radius 3 is 2.94 bits per heavy atom. The van der Waals surface area contributed by atoms with E-state index in [2.05, 4.69) is 5.10 Å². The number of nitrogen functional groups attached to an aromatic ring is 1. The van der Waals surface area contributed by atoms with Gasteiger partial charge in [-0.05, 0) is 13.0 Å². The molecule has 0 saturated carbocycles. The van der Waals surface area contributed by atoms with Crippen molar-refractivity contribution in [1.82, 2.24) is 14.7 Å². The molecule has 1 amide bonds. The van der Waals surface area contributed by atoms with Crippen molar-refractivity contribution in [3.8, 4) is 0 Å². The molecule has 0 unspecified atom stereocenters. The van der Waals surface area contributed by atoms with Gasteiger partial charge >= 0.3 is 0 Å². The number of rotatable bonds is 4. The summed E-state index contributed by atoms with van der Waals surface area (Å²) in [6, 6.07) is 1.87. The van der Waals surface area contributed by atoms with Gasteiger partial charge in [0.2, 0.25) is 5.91 Å². The molecule has 2 aromatic heterocycles. The van der Waals surface area contributed by atoms with E-state index >= 15 is 0 Å². The zero-order valence-corrected chi connectivity index (χ0v) is 10.5. The predicted octanol–water partition coefficient (Wildman–Crippen LogP) is 1.03. The number of aryl methyl sites for hydroxylation is 1. The van der Waals surface area contributed by atoms with Gasteiger partial charge in [0.25, 0.3) is 0 Å². The van der Waals surface area contributed by atoms with Crippen LogP contribution in [0.4, 0.5) is 5.69 Å². The van der Waals surface area contributed by atoms with Crippen molar-refractivity contribution < 1.29 is 9.21 Å². The number of hydrogen-bond donors (Lipinski definition) is 1. The standard InChI is InChI=1S/C12H16N4O2/c1-9-10(3-4-18-9)6-15(2)12(17)8-16-7-11(13)5-14-16/h3-5,7H,6,8,13H2,1-2H3. The van der Waals surface area contributed by atoms with Gasteiger partial charge in [-0.25, -0.2) is 0 Å². The van der Waals surface area contributed by atoms with Gasteiger partial charge in [0.05, 0.1) is 18.1 Å². The largest absolute Gasteiger partial charge is 0.469 e. The lowest BCUT2D eigenvalue weighted by Crippen LogP contribution is -2.30. The topological polar surface area (TPSA) is 77.3 Å². The molecule has 0 spiro atoms. The molecule has 6 nitrogen and oxygen atoms in total. The summed E-state index contributed by atoms with van der Waals surface area (Å²) in [7, 11) is 1.75. The zero-order chi connectivity index (χ0) is 13.1. The average molecular weight is 248 g/mol. The maximum Gasteiger partial charge on any atom is 0.244 e. The summed E-state index contributed by atoms with van der Waals surface area (Å²) in [5.41, 5.74) is 7.10. The summed E-state index contributed by atoms with van der Waals surface area (Å²) in [4.78, 5) is 13.6. The molecule has 96 valence electrons. The van der Waals surface area contributed by atoms with E-state index in [1.54, 1.807) is 24.4 Å². The highest BCUT2D eigenvalue weighted by atomic mass is 16.3. The van der Waals surface area contributed by atoms with Crippen LogP contribution in [0.5, 0.6) is 0 Å². The third-order valence-electron chi connectivity index (χ3n) is 2.75. The second-order valence-corrected chi connectivity index (χ2v) is 4.22. The molecule has 0 saturated heterocycles. The van der Waals surface area contributed by atoms with Crippen LogP contribution in [0.15, 0.2) is 29.1 Å². The Labute approximate surface area is 105 Å². The number of carbonyl (C=O) groups excluding carboxylic acids is 1. The molecule has 0 fully saturated rings. The van der Waals surface area contributed by atoms with Gasteiger partial charge in [0.1, 0.15) is 12.3 Å². The lowest BCUT2D eigenvalue weighted by Gasteiger charge is -2.16. The van der Waals surface area contributed by atoms with Crippen LogP contribution in [-0.4, -0.2) is 27.6 Å². The molecule has 2 aromatic rings. The highest BCUT2D eigenvalue weighted by Gasteiger charge is 2.12. The average Bonchev–Trinajstić information content (AvgIpc) is 2.89. The maximum absolute atomic E-state index is 12.0. The van der Waals surface area contributed by atoms with E-state index < -0.39 is 0 Å². The van der Waals surface area contributed by atoms with Gasteiger partial charge in [0, 0.05) is 25.4 Å². The van der Waals surface area contributed by atoms with Gasteiger partial charge in [-0.15, -0.1) is 0 Å². The Morgan fingerprint density at radius 2 is 2.39 bits per heavy atom. The quantitative estimate of drug-likeness (QED) is 0.876. The van der Waals surface area contributed by atoms with Gasteiger partial charge in [-0.3, -0.25) is 9.48 Å².